The number of aliphatic hydroxyl groups is 8. The molecule has 422 valence electrons. The van der Waals surface area contributed by atoms with Gasteiger partial charge in [0.15, 0.2) is 12.6 Å². The first-order valence-electron chi connectivity index (χ1n) is 24.1. The molecule has 0 aromatic heterocycles. The number of sulfonamides is 1. The minimum absolute atomic E-state index is 0. The van der Waals surface area contributed by atoms with Gasteiger partial charge in [0.05, 0.1) is 30.7 Å². The Labute approximate surface area is 523 Å². The van der Waals surface area contributed by atoms with Gasteiger partial charge in [-0.05, 0) is 96.0 Å². The molecule has 1 fully saturated rings. The van der Waals surface area contributed by atoms with Crippen LogP contribution in [0.15, 0.2) is 77.7 Å². The van der Waals surface area contributed by atoms with Gasteiger partial charge in [-0.3, -0.25) is 4.18 Å². The van der Waals surface area contributed by atoms with Crippen LogP contribution in [0.1, 0.15) is 131 Å². The molecule has 22 nitrogen and oxygen atoms in total. The maximum Gasteiger partial charge on any atom is 1.00 e. The first kappa shape index (κ1) is 80.3. The van der Waals surface area contributed by atoms with Crippen molar-refractivity contribution in [3.8, 4) is 11.5 Å². The second kappa shape index (κ2) is 43.7. The molecule has 0 amide bonds. The van der Waals surface area contributed by atoms with E-state index in [2.05, 4.69) is 25.0 Å². The second-order valence-electron chi connectivity index (χ2n) is 17.2. The number of rotatable bonds is 28. The van der Waals surface area contributed by atoms with Gasteiger partial charge in [-0.15, -0.1) is 4.24 Å². The van der Waals surface area contributed by atoms with Crippen molar-refractivity contribution < 1.29 is 189 Å². The maximum atomic E-state index is 11.1. The Hall–Kier alpha value is -0.930. The summed E-state index contributed by atoms with van der Waals surface area (Å²) < 4.78 is 68.3. The van der Waals surface area contributed by atoms with E-state index in [1.807, 2.05) is 24.3 Å². The number of carboxylic acid groups (broad SMARTS) is 1. The van der Waals surface area contributed by atoms with Crippen molar-refractivity contribution in [3.63, 3.8) is 0 Å². The monoisotopic (exact) mass is 1180 g/mol. The molecule has 0 spiro atoms. The van der Waals surface area contributed by atoms with Crippen LogP contribution < -0.4 is 98.0 Å². The summed E-state index contributed by atoms with van der Waals surface area (Å²) in [5, 5.41) is 105. The minimum atomic E-state index is -4.48. The van der Waals surface area contributed by atoms with Crippen LogP contribution in [0, 0.1) is 0 Å². The summed E-state index contributed by atoms with van der Waals surface area (Å²) in [4.78, 5) is 20.7. The topological polar surface area (TPSA) is 391 Å². The molecule has 1 aliphatic rings. The van der Waals surface area contributed by atoms with Crippen molar-refractivity contribution in [2.75, 3.05) is 19.8 Å². The van der Waals surface area contributed by atoms with Crippen molar-refractivity contribution in [1.29, 1.82) is 0 Å². The standard InChI is InChI=1S/C18H22O2.C12H22O11.C12H26O4S.C7H6ClNO4S.3Na/c1-3-17(13-5-9-15(19)10-6-13)18(4-2)14-7-11-16(20)12-8-14;13-1-4(16)7(18)11(5(17)2-14)23-12-10(21)9(20)8(19)6(3-15)22-12;1-2-3-4-5-6-7-8-9-10-11-12-16-17(13,14)15;8-9-14(12,13)6-3-1-5(2-4-6)7(10)11;;;/h5-12,17-20H,3-4H2,1-2H3;1,4-12,14-21H,2-3H2;2-12H2,1H3,(H,13,14,15);1-4,9H,(H,10,11);;;/q;;;;3*+1/p-2/t17-,18+;4-,5+,6+,7+,8-,9-,10+,11+,12-;;;;;/m.0...../s1. The average Bonchev–Trinajstić information content (AvgIpc) is 3.39. The molecular weight excluding hydrogens is 1110 g/mol. The van der Waals surface area contributed by atoms with Gasteiger partial charge in [0.1, 0.15) is 60.3 Å². The molecule has 3 aromatic rings. The van der Waals surface area contributed by atoms with E-state index in [0.29, 0.717) is 29.8 Å². The molecule has 0 aliphatic carbocycles. The van der Waals surface area contributed by atoms with Gasteiger partial charge in [0, 0.05) is 0 Å². The van der Waals surface area contributed by atoms with Gasteiger partial charge in [0.25, 0.3) is 10.0 Å². The Kier molecular flexibility index (Phi) is 45.6. The molecule has 11 atom stereocenters. The fraction of sp³-hybridized carbons (Fsp3) is 0.592. The number of hydrogen-bond donors (Lipinski definition) is 11. The molecule has 0 unspecified atom stereocenters. The van der Waals surface area contributed by atoms with E-state index in [0.717, 1.165) is 49.9 Å². The molecule has 0 saturated carbocycles. The molecule has 77 heavy (non-hydrogen) atoms. The third-order valence-corrected chi connectivity index (χ3v) is 13.9. The summed E-state index contributed by atoms with van der Waals surface area (Å²) in [6, 6.07) is 19.5. The number of aliphatic hydroxyl groups excluding tert-OH is 8. The quantitative estimate of drug-likeness (QED) is 0.00804. The second-order valence-corrected chi connectivity index (χ2v) is 20.3. The molecule has 1 heterocycles. The molecule has 0 bridgehead atoms. The number of halogens is 1. The van der Waals surface area contributed by atoms with Crippen LogP contribution in [0.5, 0.6) is 11.5 Å². The van der Waals surface area contributed by atoms with Crippen molar-refractivity contribution in [3.05, 3.63) is 89.5 Å². The number of carbonyl (C=O) groups excluding carboxylic acids is 2. The number of benzene rings is 3. The number of phenolic OH excluding ortho intramolecular Hbond substituents is 2. The number of phenols is 2. The van der Waals surface area contributed by atoms with Crippen LogP contribution in [0.3, 0.4) is 0 Å². The molecule has 4 rings (SSSR count). The van der Waals surface area contributed by atoms with Crippen LogP contribution >= 0.6 is 11.8 Å². The number of unbranched alkanes of at least 4 members (excludes halogenated alkanes) is 9. The SMILES string of the molecule is CCCCCCCCCCCCOS(=O)(=O)[O-].CC[C@H](c1ccc(O)cc1)[C@@H](CC)c1ccc(O)cc1.O=C([O-])c1ccc(S(=O)(=O)NCl)cc1.O=C[C@H](O)[C@@H](O)[C@H](O[C@@H]1O[C@H](CO)[C@H](O)[C@H](O)[C@H]1O)[C@H](O)CO.[Na+].[Na+].[Na+]. The zero-order valence-corrected chi connectivity index (χ0v) is 53.0. The largest absolute Gasteiger partial charge is 1.00 e. The van der Waals surface area contributed by atoms with Gasteiger partial charge in [-0.25, -0.2) is 16.8 Å². The van der Waals surface area contributed by atoms with Gasteiger partial charge >= 0.3 is 88.7 Å². The molecule has 1 saturated heterocycles. The van der Waals surface area contributed by atoms with Gasteiger partial charge in [0.2, 0.25) is 10.4 Å². The van der Waals surface area contributed by atoms with E-state index in [-0.39, 0.29) is 112 Å². The van der Waals surface area contributed by atoms with E-state index in [1.165, 1.54) is 56.1 Å². The van der Waals surface area contributed by atoms with Crippen LogP contribution in [-0.4, -0.2) is 160 Å². The molecule has 0 radical (unpaired) electrons. The zero-order chi connectivity index (χ0) is 56.0. The number of ether oxygens (including phenoxy) is 2. The summed E-state index contributed by atoms with van der Waals surface area (Å²) in [6.45, 7) is 5.00. The predicted molar refractivity (Wildman–Crippen MR) is 267 cm³/mol. The van der Waals surface area contributed by atoms with Crippen molar-refractivity contribution in [2.45, 2.75) is 170 Å². The average molecular weight is 1180 g/mol. The van der Waals surface area contributed by atoms with Crippen LogP contribution in [-0.2, 0) is 38.9 Å². The molecule has 3 aromatic carbocycles. The molecular formula is C49H74ClNNa3O21S2+. The number of aromatic carboxylic acids is 1. The molecule has 11 N–H and O–H groups in total. The zero-order valence-electron chi connectivity index (χ0n) is 44.6. The third kappa shape index (κ3) is 30.8. The minimum Gasteiger partial charge on any atom is -0.726 e. The summed E-state index contributed by atoms with van der Waals surface area (Å²) in [7, 11) is -8.22. The number of aldehydes is 1. The number of carboxylic acids is 1. The number of nitrogens with one attached hydrogen (secondary N) is 1. The smallest absolute Gasteiger partial charge is 0.726 e. The van der Waals surface area contributed by atoms with Gasteiger partial charge in [-0.2, -0.15) is 0 Å². The number of aromatic hydroxyl groups is 2. The van der Waals surface area contributed by atoms with E-state index in [9.17, 15) is 76.9 Å². The molecule has 28 heteroatoms. The van der Waals surface area contributed by atoms with E-state index >= 15 is 0 Å². The van der Waals surface area contributed by atoms with E-state index in [1.54, 1.807) is 28.5 Å². The Morgan fingerprint density at radius 3 is 1.52 bits per heavy atom. The Balaban J connectivity index is -0.000000950. The fourth-order valence-corrected chi connectivity index (χ4v) is 8.80. The van der Waals surface area contributed by atoms with Crippen molar-refractivity contribution in [2.24, 2.45) is 0 Å². The molecule has 1 aliphatic heterocycles. The number of carbonyl (C=O) groups is 2. The van der Waals surface area contributed by atoms with Gasteiger partial charge in [-0.1, -0.05) is 115 Å². The number of hydrogen-bond acceptors (Lipinski definition) is 21. The van der Waals surface area contributed by atoms with E-state index < -0.39 is 94.7 Å². The van der Waals surface area contributed by atoms with Crippen molar-refractivity contribution >= 4 is 44.5 Å². The maximum absolute atomic E-state index is 11.1. The summed E-state index contributed by atoms with van der Waals surface area (Å²) in [6.07, 6.45) is -1.91. The summed E-state index contributed by atoms with van der Waals surface area (Å²) in [5.74, 6) is 0.0886. The predicted octanol–water partition coefficient (Wildman–Crippen LogP) is -6.89. The normalized spacial score (nSPS) is 19.3. The first-order valence-corrected chi connectivity index (χ1v) is 27.3. The van der Waals surface area contributed by atoms with Gasteiger partial charge < -0.3 is 79.8 Å². The fourth-order valence-electron chi connectivity index (χ4n) is 7.63. The van der Waals surface area contributed by atoms with Crippen LogP contribution in [0.25, 0.3) is 0 Å². The summed E-state index contributed by atoms with van der Waals surface area (Å²) >= 11 is 4.96. The first-order chi connectivity index (χ1) is 35.0. The van der Waals surface area contributed by atoms with Crippen molar-refractivity contribution in [1.82, 2.24) is 4.24 Å². The Morgan fingerprint density at radius 1 is 0.714 bits per heavy atom. The van der Waals surface area contributed by atoms with E-state index in [4.69, 9.17) is 31.5 Å². The Morgan fingerprint density at radius 2 is 1.16 bits per heavy atom. The van der Waals surface area contributed by atoms with Crippen LogP contribution in [0.4, 0.5) is 0 Å². The third-order valence-electron chi connectivity index (χ3n) is 11.8. The summed E-state index contributed by atoms with van der Waals surface area (Å²) in [5.41, 5.74) is 2.41. The van der Waals surface area contributed by atoms with Crippen LogP contribution in [0.2, 0.25) is 0 Å². The Bertz CT molecular complexity index is 2170.